The summed E-state index contributed by atoms with van der Waals surface area (Å²) < 4.78 is 0. The van der Waals surface area contributed by atoms with Gasteiger partial charge < -0.3 is 15.3 Å². The van der Waals surface area contributed by atoms with Crippen LogP contribution in [0.3, 0.4) is 0 Å². The zero-order valence-electron chi connectivity index (χ0n) is 11.9. The van der Waals surface area contributed by atoms with E-state index in [0.717, 1.165) is 38.8 Å². The smallest absolute Gasteiger partial charge is 0.317 e. The van der Waals surface area contributed by atoms with E-state index in [1.165, 1.54) is 0 Å². The van der Waals surface area contributed by atoms with E-state index in [1.54, 1.807) is 0 Å². The van der Waals surface area contributed by atoms with Crippen molar-refractivity contribution in [3.8, 4) is 0 Å². The summed E-state index contributed by atoms with van der Waals surface area (Å²) in [6.07, 6.45) is 4.08. The molecule has 5 nitrogen and oxygen atoms in total. The zero-order valence-corrected chi connectivity index (χ0v) is 11.9. The van der Waals surface area contributed by atoms with Crippen molar-refractivity contribution in [2.45, 2.75) is 46.0 Å². The van der Waals surface area contributed by atoms with Crippen LogP contribution < -0.4 is 5.32 Å². The maximum atomic E-state index is 12.1. The number of rotatable bonds is 4. The van der Waals surface area contributed by atoms with Crippen LogP contribution in [0.5, 0.6) is 0 Å². The van der Waals surface area contributed by atoms with Crippen LogP contribution in [0.15, 0.2) is 0 Å². The average molecular weight is 268 g/mol. The Morgan fingerprint density at radius 3 is 2.37 bits per heavy atom. The second-order valence-electron chi connectivity index (χ2n) is 6.92. The van der Waals surface area contributed by atoms with E-state index in [-0.39, 0.29) is 23.3 Å². The molecule has 0 aromatic carbocycles. The molecule has 2 fully saturated rings. The SMILES string of the molecule is CC1(C)CCN(C(=O)NCC2(CC(=O)O)CCC2)C1. The van der Waals surface area contributed by atoms with Gasteiger partial charge in [0.05, 0.1) is 6.42 Å². The molecule has 0 aromatic heterocycles. The predicted octanol–water partition coefficient (Wildman–Crippen LogP) is 2.07. The van der Waals surface area contributed by atoms with Crippen molar-refractivity contribution in [2.24, 2.45) is 10.8 Å². The molecule has 1 saturated heterocycles. The van der Waals surface area contributed by atoms with Gasteiger partial charge in [-0.05, 0) is 30.1 Å². The third kappa shape index (κ3) is 3.39. The molecule has 0 aromatic rings. The number of likely N-dealkylation sites (tertiary alicyclic amines) is 1. The fourth-order valence-corrected chi connectivity index (χ4v) is 3.07. The Morgan fingerprint density at radius 2 is 1.95 bits per heavy atom. The second kappa shape index (κ2) is 5.02. The highest BCUT2D eigenvalue weighted by Gasteiger charge is 2.40. The molecule has 2 amide bonds. The van der Waals surface area contributed by atoms with Crippen LogP contribution in [-0.4, -0.2) is 41.6 Å². The predicted molar refractivity (Wildman–Crippen MR) is 71.9 cm³/mol. The Kier molecular flexibility index (Phi) is 3.74. The van der Waals surface area contributed by atoms with Gasteiger partial charge in [0.1, 0.15) is 0 Å². The first-order valence-electron chi connectivity index (χ1n) is 7.07. The third-order valence-electron chi connectivity index (χ3n) is 4.52. The first kappa shape index (κ1) is 14.2. The van der Waals surface area contributed by atoms with Crippen LogP contribution >= 0.6 is 0 Å². The van der Waals surface area contributed by atoms with E-state index >= 15 is 0 Å². The van der Waals surface area contributed by atoms with Crippen molar-refractivity contribution < 1.29 is 14.7 Å². The lowest BCUT2D eigenvalue weighted by Crippen LogP contribution is -2.47. The molecule has 5 heteroatoms. The van der Waals surface area contributed by atoms with Gasteiger partial charge in [-0.25, -0.2) is 4.79 Å². The van der Waals surface area contributed by atoms with E-state index in [0.29, 0.717) is 6.54 Å². The van der Waals surface area contributed by atoms with Crippen LogP contribution in [0.4, 0.5) is 4.79 Å². The maximum absolute atomic E-state index is 12.1. The van der Waals surface area contributed by atoms with Gasteiger partial charge in [-0.2, -0.15) is 0 Å². The van der Waals surface area contributed by atoms with Crippen molar-refractivity contribution >= 4 is 12.0 Å². The number of amides is 2. The summed E-state index contributed by atoms with van der Waals surface area (Å²) in [5.41, 5.74) is 0.00327. The molecule has 0 unspecified atom stereocenters. The molecule has 19 heavy (non-hydrogen) atoms. The average Bonchev–Trinajstić information content (AvgIpc) is 2.62. The Hall–Kier alpha value is -1.26. The minimum atomic E-state index is -0.767. The van der Waals surface area contributed by atoms with Crippen LogP contribution in [0.2, 0.25) is 0 Å². The quantitative estimate of drug-likeness (QED) is 0.820. The summed E-state index contributed by atoms with van der Waals surface area (Å²) in [5, 5.41) is 11.9. The summed E-state index contributed by atoms with van der Waals surface area (Å²) in [6, 6.07) is -0.0396. The summed E-state index contributed by atoms with van der Waals surface area (Å²) >= 11 is 0. The van der Waals surface area contributed by atoms with Gasteiger partial charge in [-0.3, -0.25) is 4.79 Å². The lowest BCUT2D eigenvalue weighted by molar-refractivity contribution is -0.141. The molecule has 1 heterocycles. The Bertz CT molecular complexity index is 375. The Balaban J connectivity index is 1.81. The summed E-state index contributed by atoms with van der Waals surface area (Å²) in [6.45, 7) is 6.40. The lowest BCUT2D eigenvalue weighted by atomic mass is 9.66. The number of urea groups is 1. The first-order chi connectivity index (χ1) is 8.82. The molecular formula is C14H24N2O3. The highest BCUT2D eigenvalue weighted by Crippen LogP contribution is 2.43. The van der Waals surface area contributed by atoms with Gasteiger partial charge in [0.15, 0.2) is 0 Å². The number of carboxylic acids is 1. The normalized spacial score (nSPS) is 23.8. The summed E-state index contributed by atoms with van der Waals surface area (Å²) in [7, 11) is 0. The number of hydrogen-bond acceptors (Lipinski definition) is 2. The van der Waals surface area contributed by atoms with Crippen LogP contribution in [0.1, 0.15) is 46.0 Å². The summed E-state index contributed by atoms with van der Waals surface area (Å²) in [5.74, 6) is -0.767. The number of carbonyl (C=O) groups excluding carboxylic acids is 1. The number of nitrogens with zero attached hydrogens (tertiary/aromatic N) is 1. The van der Waals surface area contributed by atoms with Gasteiger partial charge in [0, 0.05) is 19.6 Å². The molecule has 1 aliphatic heterocycles. The molecule has 0 bridgehead atoms. The standard InChI is InChI=1S/C14H24N2O3/c1-13(2)6-7-16(10-13)12(19)15-9-14(4-3-5-14)8-11(17)18/h3-10H2,1-2H3,(H,15,19)(H,17,18). The van der Waals surface area contributed by atoms with Gasteiger partial charge in [-0.1, -0.05) is 20.3 Å². The van der Waals surface area contributed by atoms with Crippen molar-refractivity contribution in [3.63, 3.8) is 0 Å². The van der Waals surface area contributed by atoms with Crippen LogP contribution in [-0.2, 0) is 4.79 Å². The van der Waals surface area contributed by atoms with Gasteiger partial charge in [0.2, 0.25) is 0 Å². The fourth-order valence-electron chi connectivity index (χ4n) is 3.07. The Labute approximate surface area is 114 Å². The van der Waals surface area contributed by atoms with E-state index in [2.05, 4.69) is 19.2 Å². The molecule has 108 valence electrons. The maximum Gasteiger partial charge on any atom is 0.317 e. The van der Waals surface area contributed by atoms with Gasteiger partial charge >= 0.3 is 12.0 Å². The highest BCUT2D eigenvalue weighted by atomic mass is 16.4. The van der Waals surface area contributed by atoms with Crippen molar-refractivity contribution in [1.82, 2.24) is 10.2 Å². The van der Waals surface area contributed by atoms with E-state index in [1.807, 2.05) is 4.90 Å². The van der Waals surface area contributed by atoms with E-state index < -0.39 is 5.97 Å². The van der Waals surface area contributed by atoms with Gasteiger partial charge in [0.25, 0.3) is 0 Å². The van der Waals surface area contributed by atoms with Crippen molar-refractivity contribution in [2.75, 3.05) is 19.6 Å². The number of carboxylic acid groups (broad SMARTS) is 1. The highest BCUT2D eigenvalue weighted by molar-refractivity contribution is 5.75. The van der Waals surface area contributed by atoms with Crippen LogP contribution in [0.25, 0.3) is 0 Å². The number of nitrogens with one attached hydrogen (secondary N) is 1. The number of aliphatic carboxylic acids is 1. The minimum absolute atomic E-state index is 0.0396. The third-order valence-corrected chi connectivity index (χ3v) is 4.52. The lowest BCUT2D eigenvalue weighted by Gasteiger charge is -2.41. The molecule has 0 radical (unpaired) electrons. The molecular weight excluding hydrogens is 244 g/mol. The van der Waals surface area contributed by atoms with Crippen molar-refractivity contribution in [3.05, 3.63) is 0 Å². The second-order valence-corrected chi connectivity index (χ2v) is 6.92. The molecule has 1 saturated carbocycles. The van der Waals surface area contributed by atoms with Crippen molar-refractivity contribution in [1.29, 1.82) is 0 Å². The van der Waals surface area contributed by atoms with E-state index in [9.17, 15) is 9.59 Å². The largest absolute Gasteiger partial charge is 0.481 e. The molecule has 2 aliphatic rings. The van der Waals surface area contributed by atoms with Crippen LogP contribution in [0, 0.1) is 10.8 Å². The monoisotopic (exact) mass is 268 g/mol. The Morgan fingerprint density at radius 1 is 1.26 bits per heavy atom. The fraction of sp³-hybridized carbons (Fsp3) is 0.857. The zero-order chi connectivity index (χ0) is 14.1. The molecule has 0 atom stereocenters. The van der Waals surface area contributed by atoms with E-state index in [4.69, 9.17) is 5.11 Å². The molecule has 0 spiro atoms. The summed E-state index contributed by atoms with van der Waals surface area (Å²) in [4.78, 5) is 24.8. The first-order valence-corrected chi connectivity index (χ1v) is 7.07. The number of carbonyl (C=O) groups is 2. The number of hydrogen-bond donors (Lipinski definition) is 2. The van der Waals surface area contributed by atoms with Gasteiger partial charge in [-0.15, -0.1) is 0 Å². The topological polar surface area (TPSA) is 69.6 Å². The molecule has 1 aliphatic carbocycles. The molecule has 2 N–H and O–H groups in total. The molecule has 2 rings (SSSR count). The minimum Gasteiger partial charge on any atom is -0.481 e.